The molecule has 8 heteroatoms. The van der Waals surface area contributed by atoms with Gasteiger partial charge in [0, 0.05) is 38.7 Å². The van der Waals surface area contributed by atoms with Gasteiger partial charge in [-0.1, -0.05) is 42.5 Å². The Balaban J connectivity index is 1.41. The van der Waals surface area contributed by atoms with Gasteiger partial charge in [0.05, 0.1) is 11.4 Å². The van der Waals surface area contributed by atoms with E-state index in [0.29, 0.717) is 36.6 Å². The fraction of sp³-hybridized carbons (Fsp3) is 0.250. The normalized spacial score (nSPS) is 17.9. The van der Waals surface area contributed by atoms with E-state index in [-0.39, 0.29) is 29.5 Å². The van der Waals surface area contributed by atoms with Crippen LogP contribution >= 0.6 is 11.8 Å². The highest BCUT2D eigenvalue weighted by molar-refractivity contribution is 8.18. The zero-order valence-electron chi connectivity index (χ0n) is 17.7. The first-order chi connectivity index (χ1) is 15.4. The van der Waals surface area contributed by atoms with E-state index in [1.54, 1.807) is 40.1 Å². The van der Waals surface area contributed by atoms with Crippen molar-refractivity contribution in [3.8, 4) is 0 Å². The second kappa shape index (κ2) is 9.40. The summed E-state index contributed by atoms with van der Waals surface area (Å²) in [6.45, 7) is 3.87. The minimum Gasteiger partial charge on any atom is -0.339 e. The fourth-order valence-electron chi connectivity index (χ4n) is 3.68. The maximum Gasteiger partial charge on any atom is 0.293 e. The van der Waals surface area contributed by atoms with Crippen molar-refractivity contribution >= 4 is 40.8 Å². The number of hydrogen-bond acceptors (Lipinski definition) is 5. The van der Waals surface area contributed by atoms with E-state index in [1.807, 2.05) is 30.3 Å². The highest BCUT2D eigenvalue weighted by Crippen LogP contribution is 2.33. The average Bonchev–Trinajstić information content (AvgIpc) is 3.07. The maximum absolute atomic E-state index is 12.7. The van der Waals surface area contributed by atoms with Crippen molar-refractivity contribution in [3.63, 3.8) is 0 Å². The van der Waals surface area contributed by atoms with E-state index in [1.165, 1.54) is 11.8 Å². The van der Waals surface area contributed by atoms with Gasteiger partial charge in [-0.15, -0.1) is 0 Å². The SMILES string of the molecule is CC(=O)N1CCN(C(=O)c2ccc(/C=C3\SC(=O)N(Cc4ccccc4)C3=O)cc2)CC1. The van der Waals surface area contributed by atoms with Crippen LogP contribution in [0.1, 0.15) is 28.4 Å². The zero-order chi connectivity index (χ0) is 22.7. The molecule has 0 unspecified atom stereocenters. The maximum atomic E-state index is 12.7. The van der Waals surface area contributed by atoms with Gasteiger partial charge in [0.25, 0.3) is 17.1 Å². The minimum absolute atomic E-state index is 0.0228. The number of rotatable bonds is 4. The molecule has 2 aliphatic heterocycles. The van der Waals surface area contributed by atoms with E-state index in [4.69, 9.17) is 0 Å². The average molecular weight is 450 g/mol. The Kier molecular flexibility index (Phi) is 6.41. The molecule has 0 aliphatic carbocycles. The van der Waals surface area contributed by atoms with Gasteiger partial charge in [0.1, 0.15) is 0 Å². The number of piperazine rings is 1. The smallest absolute Gasteiger partial charge is 0.293 e. The van der Waals surface area contributed by atoms with Gasteiger partial charge in [-0.2, -0.15) is 0 Å². The van der Waals surface area contributed by atoms with E-state index < -0.39 is 0 Å². The van der Waals surface area contributed by atoms with E-state index in [2.05, 4.69) is 0 Å². The van der Waals surface area contributed by atoms with E-state index in [0.717, 1.165) is 22.9 Å². The third kappa shape index (κ3) is 4.75. The fourth-order valence-corrected chi connectivity index (χ4v) is 4.52. The first-order valence-corrected chi connectivity index (χ1v) is 11.2. The van der Waals surface area contributed by atoms with Crippen LogP contribution in [-0.2, 0) is 16.1 Å². The van der Waals surface area contributed by atoms with Crippen molar-refractivity contribution in [3.05, 3.63) is 76.2 Å². The summed E-state index contributed by atoms with van der Waals surface area (Å²) in [5.41, 5.74) is 2.19. The summed E-state index contributed by atoms with van der Waals surface area (Å²) in [6.07, 6.45) is 1.68. The summed E-state index contributed by atoms with van der Waals surface area (Å²) >= 11 is 0.923. The van der Waals surface area contributed by atoms with Gasteiger partial charge < -0.3 is 9.80 Å². The first-order valence-electron chi connectivity index (χ1n) is 10.4. The lowest BCUT2D eigenvalue weighted by molar-refractivity contribution is -0.130. The first kappa shape index (κ1) is 21.8. The molecule has 0 spiro atoms. The molecule has 2 aliphatic rings. The number of thioether (sulfide) groups is 1. The molecule has 164 valence electrons. The highest BCUT2D eigenvalue weighted by atomic mass is 32.2. The highest BCUT2D eigenvalue weighted by Gasteiger charge is 2.35. The Morgan fingerprint density at radius 2 is 1.53 bits per heavy atom. The summed E-state index contributed by atoms with van der Waals surface area (Å²) in [4.78, 5) is 54.3. The lowest BCUT2D eigenvalue weighted by Gasteiger charge is -2.34. The number of nitrogens with zero attached hydrogens (tertiary/aromatic N) is 3. The molecule has 2 fully saturated rings. The number of amides is 4. The molecule has 0 N–H and O–H groups in total. The number of imide groups is 1. The van der Waals surface area contributed by atoms with Crippen molar-refractivity contribution in [2.24, 2.45) is 0 Å². The molecular formula is C24H23N3O4S. The number of carbonyl (C=O) groups excluding carboxylic acids is 4. The van der Waals surface area contributed by atoms with Crippen molar-refractivity contribution in [1.29, 1.82) is 0 Å². The summed E-state index contributed by atoms with van der Waals surface area (Å²) in [5.74, 6) is -0.370. The third-order valence-corrected chi connectivity index (χ3v) is 6.43. The molecule has 0 saturated carbocycles. The van der Waals surface area contributed by atoms with Crippen LogP contribution < -0.4 is 0 Å². The van der Waals surface area contributed by atoms with Crippen molar-refractivity contribution < 1.29 is 19.2 Å². The molecule has 4 rings (SSSR count). The number of benzene rings is 2. The zero-order valence-corrected chi connectivity index (χ0v) is 18.5. The molecule has 0 bridgehead atoms. The second-order valence-electron chi connectivity index (χ2n) is 7.67. The van der Waals surface area contributed by atoms with Crippen molar-refractivity contribution in [2.45, 2.75) is 13.5 Å². The van der Waals surface area contributed by atoms with Crippen LogP contribution in [0.4, 0.5) is 4.79 Å². The largest absolute Gasteiger partial charge is 0.339 e. The van der Waals surface area contributed by atoms with Crippen LogP contribution in [-0.4, -0.2) is 63.8 Å². The van der Waals surface area contributed by atoms with Crippen LogP contribution in [0.5, 0.6) is 0 Å². The van der Waals surface area contributed by atoms with Gasteiger partial charge >= 0.3 is 0 Å². The van der Waals surface area contributed by atoms with Gasteiger partial charge in [-0.3, -0.25) is 24.1 Å². The minimum atomic E-state index is -0.313. The molecule has 4 amide bonds. The Morgan fingerprint density at radius 1 is 0.906 bits per heavy atom. The van der Waals surface area contributed by atoms with Gasteiger partial charge in [0.15, 0.2) is 0 Å². The van der Waals surface area contributed by atoms with Crippen LogP contribution in [0.2, 0.25) is 0 Å². The Bertz CT molecular complexity index is 1070. The molecule has 2 heterocycles. The lowest BCUT2D eigenvalue weighted by Crippen LogP contribution is -2.50. The van der Waals surface area contributed by atoms with Crippen LogP contribution in [0.3, 0.4) is 0 Å². The molecule has 2 aromatic rings. The van der Waals surface area contributed by atoms with Gasteiger partial charge in [-0.25, -0.2) is 0 Å². The van der Waals surface area contributed by atoms with Crippen molar-refractivity contribution in [1.82, 2.24) is 14.7 Å². The van der Waals surface area contributed by atoms with Gasteiger partial charge in [-0.05, 0) is 41.1 Å². The van der Waals surface area contributed by atoms with Crippen molar-refractivity contribution in [2.75, 3.05) is 26.2 Å². The standard InChI is InChI=1S/C24H23N3O4S/c1-17(28)25-11-13-26(14-12-25)22(29)20-9-7-18(8-10-20)15-21-23(30)27(24(31)32-21)16-19-5-3-2-4-6-19/h2-10,15H,11-14,16H2,1H3/b21-15-. The molecule has 0 radical (unpaired) electrons. The summed E-state index contributed by atoms with van der Waals surface area (Å²) < 4.78 is 0. The van der Waals surface area contributed by atoms with Crippen LogP contribution in [0.15, 0.2) is 59.5 Å². The molecule has 0 atom stereocenters. The Morgan fingerprint density at radius 3 is 2.16 bits per heavy atom. The Hall–Kier alpha value is -3.39. The second-order valence-corrected chi connectivity index (χ2v) is 8.67. The molecule has 32 heavy (non-hydrogen) atoms. The topological polar surface area (TPSA) is 78.0 Å². The Labute approximate surface area is 190 Å². The molecule has 0 aromatic heterocycles. The predicted molar refractivity (Wildman–Crippen MR) is 123 cm³/mol. The summed E-state index contributed by atoms with van der Waals surface area (Å²) in [6, 6.07) is 16.4. The number of carbonyl (C=O) groups is 4. The summed E-state index contributed by atoms with van der Waals surface area (Å²) in [7, 11) is 0. The van der Waals surface area contributed by atoms with Crippen LogP contribution in [0, 0.1) is 0 Å². The van der Waals surface area contributed by atoms with Gasteiger partial charge in [0.2, 0.25) is 5.91 Å². The molecule has 2 aromatic carbocycles. The quantitative estimate of drug-likeness (QED) is 0.670. The molecule has 2 saturated heterocycles. The number of hydrogen-bond donors (Lipinski definition) is 0. The van der Waals surface area contributed by atoms with Crippen LogP contribution in [0.25, 0.3) is 6.08 Å². The lowest BCUT2D eigenvalue weighted by atomic mass is 10.1. The summed E-state index contributed by atoms with van der Waals surface area (Å²) in [5, 5.41) is -0.290. The monoisotopic (exact) mass is 449 g/mol. The molecular weight excluding hydrogens is 426 g/mol. The predicted octanol–water partition coefficient (Wildman–Crippen LogP) is 3.23. The third-order valence-electron chi connectivity index (χ3n) is 5.52. The van der Waals surface area contributed by atoms with E-state index >= 15 is 0 Å². The molecule has 7 nitrogen and oxygen atoms in total. The van der Waals surface area contributed by atoms with E-state index in [9.17, 15) is 19.2 Å².